The number of amides is 2. The highest BCUT2D eigenvalue weighted by Gasteiger charge is 2.33. The van der Waals surface area contributed by atoms with Crippen LogP contribution in [0.5, 0.6) is 0 Å². The monoisotopic (exact) mass is 288 g/mol. The summed E-state index contributed by atoms with van der Waals surface area (Å²) in [6, 6.07) is 0. The molecule has 3 heterocycles. The lowest BCUT2D eigenvalue weighted by atomic mass is 10.2. The molecule has 1 N–H and O–H groups in total. The molecule has 0 fully saturated rings. The molecule has 0 radical (unpaired) electrons. The van der Waals surface area contributed by atoms with E-state index in [0.717, 1.165) is 0 Å². The number of carbonyl (C=O) groups is 2. The van der Waals surface area contributed by atoms with Crippen molar-refractivity contribution in [1.82, 2.24) is 19.6 Å². The molecule has 2 aromatic heterocycles. The molecule has 0 bridgehead atoms. The number of anilines is 2. The molecule has 2 aromatic rings. The van der Waals surface area contributed by atoms with E-state index in [-0.39, 0.29) is 11.8 Å². The highest BCUT2D eigenvalue weighted by molar-refractivity contribution is 6.18. The molecule has 0 atom stereocenters. The van der Waals surface area contributed by atoms with Gasteiger partial charge >= 0.3 is 0 Å². The molecule has 1 aliphatic heterocycles. The highest BCUT2D eigenvalue weighted by Crippen LogP contribution is 2.29. The van der Waals surface area contributed by atoms with Crippen LogP contribution in [-0.2, 0) is 13.6 Å². The van der Waals surface area contributed by atoms with Crippen LogP contribution in [0.3, 0.4) is 0 Å². The molecule has 0 aliphatic carbocycles. The molecule has 0 saturated heterocycles. The molecular weight excluding hydrogens is 272 g/mol. The second-order valence-electron chi connectivity index (χ2n) is 4.95. The second-order valence-corrected chi connectivity index (χ2v) is 4.95. The van der Waals surface area contributed by atoms with Gasteiger partial charge in [-0.15, -0.1) is 0 Å². The molecule has 0 spiro atoms. The van der Waals surface area contributed by atoms with E-state index >= 15 is 0 Å². The molecule has 21 heavy (non-hydrogen) atoms. The Labute approximate surface area is 121 Å². The van der Waals surface area contributed by atoms with Crippen molar-refractivity contribution in [1.29, 1.82) is 0 Å². The average Bonchev–Trinajstić information content (AvgIpc) is 2.97. The number of rotatable bonds is 1. The van der Waals surface area contributed by atoms with Crippen molar-refractivity contribution in [3.63, 3.8) is 0 Å². The van der Waals surface area contributed by atoms with Crippen LogP contribution < -0.4 is 10.2 Å². The molecule has 0 aromatic carbocycles. The Morgan fingerprint density at radius 3 is 2.67 bits per heavy atom. The first-order valence-corrected chi connectivity index (χ1v) is 6.64. The fourth-order valence-electron chi connectivity index (χ4n) is 2.60. The zero-order valence-electron chi connectivity index (χ0n) is 12.3. The lowest BCUT2D eigenvalue weighted by Crippen LogP contribution is -2.34. The number of aromatic nitrogens is 4. The van der Waals surface area contributed by atoms with Gasteiger partial charge in [-0.3, -0.25) is 23.9 Å². The Morgan fingerprint density at radius 2 is 2.00 bits per heavy atom. The minimum absolute atomic E-state index is 0.225. The number of hydrogen-bond donors (Lipinski definition) is 1. The number of carbonyl (C=O) groups excluding carboxylic acids is 2. The summed E-state index contributed by atoms with van der Waals surface area (Å²) in [6.45, 7) is 4.21. The lowest BCUT2D eigenvalue weighted by molar-refractivity contribution is 0.0979. The van der Waals surface area contributed by atoms with E-state index < -0.39 is 0 Å². The molecule has 1 aliphatic rings. The van der Waals surface area contributed by atoms with Gasteiger partial charge < -0.3 is 5.32 Å². The largest absolute Gasteiger partial charge is 0.318 e. The minimum atomic E-state index is -0.294. The zero-order valence-corrected chi connectivity index (χ0v) is 12.3. The van der Waals surface area contributed by atoms with Crippen molar-refractivity contribution in [2.24, 2.45) is 7.05 Å². The van der Waals surface area contributed by atoms with Crippen LogP contribution in [0.25, 0.3) is 0 Å². The maximum Gasteiger partial charge on any atom is 0.279 e. The fourth-order valence-corrected chi connectivity index (χ4v) is 2.60. The Hall–Kier alpha value is -2.64. The molecular formula is C13H16N6O2. The van der Waals surface area contributed by atoms with Gasteiger partial charge in [0.1, 0.15) is 11.4 Å². The summed E-state index contributed by atoms with van der Waals surface area (Å²) in [5.41, 5.74) is 1.84. The normalized spacial score (nSPS) is 14.4. The molecule has 2 amide bonds. The van der Waals surface area contributed by atoms with Gasteiger partial charge in [0.2, 0.25) is 0 Å². The molecule has 0 unspecified atom stereocenters. The molecule has 110 valence electrons. The first kappa shape index (κ1) is 13.3. The minimum Gasteiger partial charge on any atom is -0.318 e. The van der Waals surface area contributed by atoms with E-state index in [1.807, 2.05) is 6.92 Å². The third kappa shape index (κ3) is 1.75. The van der Waals surface area contributed by atoms with E-state index in [2.05, 4.69) is 15.5 Å². The maximum atomic E-state index is 12.8. The molecule has 0 saturated carbocycles. The van der Waals surface area contributed by atoms with E-state index in [9.17, 15) is 9.59 Å². The second kappa shape index (κ2) is 4.44. The van der Waals surface area contributed by atoms with Crippen LogP contribution >= 0.6 is 0 Å². The fraction of sp³-hybridized carbons (Fsp3) is 0.385. The summed E-state index contributed by atoms with van der Waals surface area (Å²) in [7, 11) is 3.33. The average molecular weight is 288 g/mol. The Bertz CT molecular complexity index is 757. The van der Waals surface area contributed by atoms with Crippen LogP contribution in [0.2, 0.25) is 0 Å². The first-order valence-electron chi connectivity index (χ1n) is 6.64. The summed E-state index contributed by atoms with van der Waals surface area (Å²) < 4.78 is 3.11. The summed E-state index contributed by atoms with van der Waals surface area (Å²) in [5.74, 6) is -0.0561. The van der Waals surface area contributed by atoms with Gasteiger partial charge in [0, 0.05) is 20.6 Å². The van der Waals surface area contributed by atoms with Crippen molar-refractivity contribution in [3.8, 4) is 0 Å². The van der Waals surface area contributed by atoms with Gasteiger partial charge in [0.25, 0.3) is 11.8 Å². The predicted molar refractivity (Wildman–Crippen MR) is 76.5 cm³/mol. The van der Waals surface area contributed by atoms with Crippen LogP contribution in [-0.4, -0.2) is 38.4 Å². The third-order valence-electron chi connectivity index (χ3n) is 3.64. The van der Waals surface area contributed by atoms with Gasteiger partial charge in [0.15, 0.2) is 5.69 Å². The van der Waals surface area contributed by atoms with Crippen LogP contribution in [0.4, 0.5) is 11.5 Å². The number of nitrogens with zero attached hydrogens (tertiary/aromatic N) is 5. The SMILES string of the molecule is CCn1nc(C)c2c1C(=O)N(C)c1c(cnn1C)C(=O)N2. The van der Waals surface area contributed by atoms with Crippen molar-refractivity contribution in [2.75, 3.05) is 17.3 Å². The van der Waals surface area contributed by atoms with Gasteiger partial charge in [-0.2, -0.15) is 10.2 Å². The summed E-state index contributed by atoms with van der Waals surface area (Å²) in [5, 5.41) is 11.2. The standard InChI is InChI=1S/C13H16N6O2/c1-5-19-10-9(7(2)16-19)15-11(20)8-6-14-18(4)12(8)17(3)13(10)21/h6H,5H2,1-4H3,(H,15,20). The summed E-state index contributed by atoms with van der Waals surface area (Å²) in [6.07, 6.45) is 1.46. The molecule has 8 nitrogen and oxygen atoms in total. The van der Waals surface area contributed by atoms with Crippen LogP contribution in [0.1, 0.15) is 33.5 Å². The van der Waals surface area contributed by atoms with Gasteiger partial charge in [-0.1, -0.05) is 0 Å². The van der Waals surface area contributed by atoms with E-state index in [4.69, 9.17) is 0 Å². The van der Waals surface area contributed by atoms with Crippen molar-refractivity contribution in [3.05, 3.63) is 23.1 Å². The Kier molecular flexibility index (Phi) is 2.82. The van der Waals surface area contributed by atoms with E-state index in [1.54, 1.807) is 25.7 Å². The molecule has 8 heteroatoms. The van der Waals surface area contributed by atoms with E-state index in [1.165, 1.54) is 15.8 Å². The Balaban J connectivity index is 2.26. The quantitative estimate of drug-likeness (QED) is 0.840. The first-order chi connectivity index (χ1) is 9.95. The third-order valence-corrected chi connectivity index (χ3v) is 3.64. The van der Waals surface area contributed by atoms with Crippen LogP contribution in [0.15, 0.2) is 6.20 Å². The van der Waals surface area contributed by atoms with Crippen molar-refractivity contribution >= 4 is 23.3 Å². The topological polar surface area (TPSA) is 85.1 Å². The lowest BCUT2D eigenvalue weighted by Gasteiger charge is -2.22. The number of fused-ring (bicyclic) bond motifs is 2. The zero-order chi connectivity index (χ0) is 15.3. The van der Waals surface area contributed by atoms with Gasteiger partial charge in [-0.05, 0) is 13.8 Å². The van der Waals surface area contributed by atoms with Crippen LogP contribution in [0, 0.1) is 6.92 Å². The number of nitrogens with one attached hydrogen (secondary N) is 1. The number of aryl methyl sites for hydroxylation is 3. The van der Waals surface area contributed by atoms with Gasteiger partial charge in [-0.25, -0.2) is 0 Å². The Morgan fingerprint density at radius 1 is 1.29 bits per heavy atom. The predicted octanol–water partition coefficient (Wildman–Crippen LogP) is 0.787. The van der Waals surface area contributed by atoms with Crippen molar-refractivity contribution < 1.29 is 9.59 Å². The molecule has 3 rings (SSSR count). The summed E-state index contributed by atoms with van der Waals surface area (Å²) in [4.78, 5) is 26.6. The smallest absolute Gasteiger partial charge is 0.279 e. The van der Waals surface area contributed by atoms with E-state index in [0.29, 0.717) is 35.0 Å². The summed E-state index contributed by atoms with van der Waals surface area (Å²) >= 11 is 0. The highest BCUT2D eigenvalue weighted by atomic mass is 16.2. The van der Waals surface area contributed by atoms with Gasteiger partial charge in [0.05, 0.1) is 17.6 Å². The number of hydrogen-bond acceptors (Lipinski definition) is 4. The van der Waals surface area contributed by atoms with Crippen molar-refractivity contribution in [2.45, 2.75) is 20.4 Å². The maximum absolute atomic E-state index is 12.8.